The summed E-state index contributed by atoms with van der Waals surface area (Å²) in [6, 6.07) is 12.0. The molecule has 12 heavy (non-hydrogen) atoms. The normalized spacial score (nSPS) is 11.0. The molecule has 2 nitrogen and oxygen atoms in total. The van der Waals surface area contributed by atoms with Crippen molar-refractivity contribution in [3.8, 4) is 0 Å². The van der Waals surface area contributed by atoms with Crippen LogP contribution in [0.3, 0.4) is 0 Å². The first-order chi connectivity index (χ1) is 5.91. The fourth-order valence-electron chi connectivity index (χ4n) is 0.385. The van der Waals surface area contributed by atoms with E-state index in [2.05, 4.69) is 0 Å². The van der Waals surface area contributed by atoms with Crippen molar-refractivity contribution in [2.75, 3.05) is 0 Å². The fourth-order valence-corrected chi connectivity index (χ4v) is 0.385. The number of rotatable bonds is 0. The number of benzene rings is 1. The Balaban J connectivity index is 0.000000171. The van der Waals surface area contributed by atoms with Crippen molar-refractivity contribution in [2.24, 2.45) is 0 Å². The standard InChI is InChI=1S/C6H6.C3H6.CH2O2/c1-2-4-6-5-3-1;1-2-3-1;2-1-3/h1-6H;1-3H2;1H,(H,2,3). The Morgan fingerprint density at radius 1 is 0.833 bits per heavy atom. The molecule has 1 aliphatic carbocycles. The van der Waals surface area contributed by atoms with Gasteiger partial charge < -0.3 is 5.11 Å². The first-order valence-corrected chi connectivity index (χ1v) is 3.99. The lowest BCUT2D eigenvalue weighted by Crippen LogP contribution is -1.49. The number of hydrogen-bond donors (Lipinski definition) is 1. The van der Waals surface area contributed by atoms with Crippen LogP contribution in [0.1, 0.15) is 19.3 Å². The summed E-state index contributed by atoms with van der Waals surface area (Å²) in [5.74, 6) is 0. The first kappa shape index (κ1) is 10.7. The first-order valence-electron chi connectivity index (χ1n) is 3.99. The van der Waals surface area contributed by atoms with E-state index in [0.717, 1.165) is 0 Å². The molecule has 0 spiro atoms. The zero-order valence-corrected chi connectivity index (χ0v) is 7.02. The fraction of sp³-hybridized carbons (Fsp3) is 0.300. The van der Waals surface area contributed by atoms with Crippen molar-refractivity contribution in [2.45, 2.75) is 19.3 Å². The Hall–Kier alpha value is -1.31. The van der Waals surface area contributed by atoms with Crippen LogP contribution in [0.15, 0.2) is 36.4 Å². The Morgan fingerprint density at radius 3 is 1.08 bits per heavy atom. The molecule has 66 valence electrons. The van der Waals surface area contributed by atoms with Crippen molar-refractivity contribution >= 4 is 6.47 Å². The highest BCUT2D eigenvalue weighted by Gasteiger charge is 1.95. The Bertz CT molecular complexity index is 141. The van der Waals surface area contributed by atoms with Crippen molar-refractivity contribution in [1.82, 2.24) is 0 Å². The maximum Gasteiger partial charge on any atom is 0.290 e. The maximum absolute atomic E-state index is 8.36. The van der Waals surface area contributed by atoms with Crippen LogP contribution in [-0.2, 0) is 4.79 Å². The maximum atomic E-state index is 8.36. The van der Waals surface area contributed by atoms with Crippen LogP contribution in [0, 0.1) is 0 Å². The predicted octanol–water partition coefficient (Wildman–Crippen LogP) is 2.56. The van der Waals surface area contributed by atoms with E-state index in [0.29, 0.717) is 0 Å². The molecule has 0 amide bonds. The van der Waals surface area contributed by atoms with Gasteiger partial charge in [-0.05, 0) is 0 Å². The summed E-state index contributed by atoms with van der Waals surface area (Å²) >= 11 is 0. The third kappa shape index (κ3) is 15.9. The molecule has 0 atom stereocenters. The average Bonchev–Trinajstić information content (AvgIpc) is 2.95. The van der Waals surface area contributed by atoms with E-state index < -0.39 is 0 Å². The van der Waals surface area contributed by atoms with Crippen LogP contribution in [-0.4, -0.2) is 11.6 Å². The second kappa shape index (κ2) is 9.69. The van der Waals surface area contributed by atoms with Crippen molar-refractivity contribution in [1.29, 1.82) is 0 Å². The Kier molecular flexibility index (Phi) is 8.63. The molecule has 2 rings (SSSR count). The van der Waals surface area contributed by atoms with Crippen molar-refractivity contribution in [3.63, 3.8) is 0 Å². The lowest BCUT2D eigenvalue weighted by Gasteiger charge is -1.69. The molecule has 0 aromatic heterocycles. The molecule has 1 N–H and O–H groups in total. The molecule has 1 aromatic rings. The van der Waals surface area contributed by atoms with E-state index in [9.17, 15) is 0 Å². The van der Waals surface area contributed by atoms with Crippen molar-refractivity contribution < 1.29 is 9.90 Å². The van der Waals surface area contributed by atoms with Gasteiger partial charge in [0.15, 0.2) is 0 Å². The molecular formula is C10H14O2. The second-order valence-corrected chi connectivity index (χ2v) is 2.32. The van der Waals surface area contributed by atoms with Gasteiger partial charge in [0.1, 0.15) is 0 Å². The van der Waals surface area contributed by atoms with E-state index in [1.807, 2.05) is 36.4 Å². The van der Waals surface area contributed by atoms with Crippen LogP contribution in [0.2, 0.25) is 0 Å². The van der Waals surface area contributed by atoms with Crippen LogP contribution >= 0.6 is 0 Å². The van der Waals surface area contributed by atoms with E-state index >= 15 is 0 Å². The van der Waals surface area contributed by atoms with Gasteiger partial charge in [0.05, 0.1) is 0 Å². The molecule has 0 saturated heterocycles. The molecule has 2 heteroatoms. The van der Waals surface area contributed by atoms with Gasteiger partial charge in [0.25, 0.3) is 6.47 Å². The summed E-state index contributed by atoms with van der Waals surface area (Å²) < 4.78 is 0. The van der Waals surface area contributed by atoms with Gasteiger partial charge in [-0.15, -0.1) is 0 Å². The monoisotopic (exact) mass is 166 g/mol. The second-order valence-electron chi connectivity index (χ2n) is 2.32. The topological polar surface area (TPSA) is 37.3 Å². The average molecular weight is 166 g/mol. The number of carboxylic acid groups (broad SMARTS) is 1. The van der Waals surface area contributed by atoms with Crippen molar-refractivity contribution in [3.05, 3.63) is 36.4 Å². The lowest BCUT2D eigenvalue weighted by atomic mass is 10.4. The van der Waals surface area contributed by atoms with E-state index in [1.165, 1.54) is 19.3 Å². The van der Waals surface area contributed by atoms with Gasteiger partial charge >= 0.3 is 0 Å². The van der Waals surface area contributed by atoms with Gasteiger partial charge in [-0.25, -0.2) is 0 Å². The lowest BCUT2D eigenvalue weighted by molar-refractivity contribution is -0.122. The smallest absolute Gasteiger partial charge is 0.290 e. The van der Waals surface area contributed by atoms with Crippen LogP contribution in [0.25, 0.3) is 0 Å². The highest BCUT2D eigenvalue weighted by molar-refractivity contribution is 5.32. The van der Waals surface area contributed by atoms with Gasteiger partial charge in [-0.2, -0.15) is 0 Å². The van der Waals surface area contributed by atoms with Gasteiger partial charge in [-0.3, -0.25) is 4.79 Å². The highest BCUT2D eigenvalue weighted by Crippen LogP contribution is 2.14. The highest BCUT2D eigenvalue weighted by atomic mass is 16.3. The van der Waals surface area contributed by atoms with Gasteiger partial charge in [-0.1, -0.05) is 55.7 Å². The van der Waals surface area contributed by atoms with Crippen LogP contribution < -0.4 is 0 Å². The molecule has 0 bridgehead atoms. The number of carbonyl (C=O) groups is 1. The molecular weight excluding hydrogens is 152 g/mol. The number of hydrogen-bond acceptors (Lipinski definition) is 1. The molecule has 0 aliphatic heterocycles. The minimum absolute atomic E-state index is 0.250. The van der Waals surface area contributed by atoms with E-state index in [-0.39, 0.29) is 6.47 Å². The van der Waals surface area contributed by atoms with Gasteiger partial charge in [0, 0.05) is 0 Å². The molecule has 1 fully saturated rings. The quantitative estimate of drug-likeness (QED) is 0.601. The minimum Gasteiger partial charge on any atom is -0.483 e. The third-order valence-corrected chi connectivity index (χ3v) is 1.02. The molecule has 1 aliphatic rings. The minimum atomic E-state index is -0.250. The molecule has 1 saturated carbocycles. The zero-order chi connectivity index (χ0) is 9.07. The van der Waals surface area contributed by atoms with Gasteiger partial charge in [0.2, 0.25) is 0 Å². The van der Waals surface area contributed by atoms with E-state index in [1.54, 1.807) is 0 Å². The summed E-state index contributed by atoms with van der Waals surface area (Å²) in [5.41, 5.74) is 0. The van der Waals surface area contributed by atoms with E-state index in [4.69, 9.17) is 9.90 Å². The summed E-state index contributed by atoms with van der Waals surface area (Å²) in [6.45, 7) is -0.250. The molecule has 0 radical (unpaired) electrons. The Labute approximate surface area is 72.9 Å². The Morgan fingerprint density at radius 2 is 1.00 bits per heavy atom. The zero-order valence-electron chi connectivity index (χ0n) is 7.02. The molecule has 0 heterocycles. The summed E-state index contributed by atoms with van der Waals surface area (Å²) in [4.78, 5) is 8.36. The SMILES string of the molecule is C1CC1.O=CO.c1ccccc1. The van der Waals surface area contributed by atoms with Crippen LogP contribution in [0.5, 0.6) is 0 Å². The molecule has 1 aromatic carbocycles. The van der Waals surface area contributed by atoms with Crippen LogP contribution in [0.4, 0.5) is 0 Å². The largest absolute Gasteiger partial charge is 0.483 e. The summed E-state index contributed by atoms with van der Waals surface area (Å²) in [6.07, 6.45) is 4.50. The molecule has 0 unspecified atom stereocenters. The predicted molar refractivity (Wildman–Crippen MR) is 49.0 cm³/mol. The summed E-state index contributed by atoms with van der Waals surface area (Å²) in [7, 11) is 0. The summed E-state index contributed by atoms with van der Waals surface area (Å²) in [5, 5.41) is 6.89. The third-order valence-electron chi connectivity index (χ3n) is 1.02.